The Morgan fingerprint density at radius 1 is 1.11 bits per heavy atom. The van der Waals surface area contributed by atoms with Crippen molar-refractivity contribution in [2.75, 3.05) is 6.54 Å². The zero-order chi connectivity index (χ0) is 20.1. The van der Waals surface area contributed by atoms with Gasteiger partial charge in [0.25, 0.3) is 5.91 Å². The van der Waals surface area contributed by atoms with Crippen LogP contribution in [0.4, 0.5) is 4.39 Å². The van der Waals surface area contributed by atoms with Crippen molar-refractivity contribution in [1.29, 1.82) is 0 Å². The van der Waals surface area contributed by atoms with Gasteiger partial charge in [0.1, 0.15) is 11.1 Å². The lowest BCUT2D eigenvalue weighted by atomic mass is 10.2. The number of halogens is 1. The molecule has 7 heteroatoms. The second kappa shape index (κ2) is 8.31. The third-order valence-electron chi connectivity index (χ3n) is 4.37. The molecule has 1 amide bonds. The molecule has 0 aliphatic rings. The van der Waals surface area contributed by atoms with Gasteiger partial charge in [-0.1, -0.05) is 24.3 Å². The number of hydrogen-bond acceptors (Lipinski definition) is 4. The summed E-state index contributed by atoms with van der Waals surface area (Å²) in [6.45, 7) is 1.36. The molecule has 1 N–H and O–H groups in total. The molecule has 0 aliphatic heterocycles. The van der Waals surface area contributed by atoms with Gasteiger partial charge >= 0.3 is 0 Å². The molecule has 0 saturated heterocycles. The van der Waals surface area contributed by atoms with E-state index in [1.165, 1.54) is 31.5 Å². The van der Waals surface area contributed by atoms with Gasteiger partial charge in [-0.05, 0) is 54.4 Å². The molecular weight excluding hydrogens is 379 g/mol. The number of nitrogens with one attached hydrogen (secondary N) is 1. The first kappa shape index (κ1) is 19.7. The first-order chi connectivity index (χ1) is 13.4. The highest BCUT2D eigenvalue weighted by molar-refractivity contribution is 7.91. The van der Waals surface area contributed by atoms with E-state index in [0.29, 0.717) is 11.1 Å². The number of hydrogen-bond donors (Lipinski definition) is 1. The summed E-state index contributed by atoms with van der Waals surface area (Å²) in [5, 5.41) is 1.62. The number of aromatic nitrogens is 1. The first-order valence-corrected chi connectivity index (χ1v) is 10.2. The minimum absolute atomic E-state index is 0.00536. The van der Waals surface area contributed by atoms with Crippen molar-refractivity contribution >= 4 is 15.7 Å². The Morgan fingerprint density at radius 2 is 1.86 bits per heavy atom. The van der Waals surface area contributed by atoms with Gasteiger partial charge in [-0.3, -0.25) is 9.78 Å². The fourth-order valence-electron chi connectivity index (χ4n) is 2.81. The van der Waals surface area contributed by atoms with Gasteiger partial charge in [0.15, 0.2) is 9.84 Å². The third kappa shape index (κ3) is 4.26. The maximum absolute atomic E-state index is 13.6. The number of amides is 1. The van der Waals surface area contributed by atoms with Crippen LogP contribution in [0.15, 0.2) is 78.0 Å². The van der Waals surface area contributed by atoms with E-state index >= 15 is 0 Å². The van der Waals surface area contributed by atoms with Crippen LogP contribution in [0.2, 0.25) is 0 Å². The minimum atomic E-state index is -3.89. The Morgan fingerprint density at radius 3 is 2.50 bits per heavy atom. The molecule has 0 aliphatic carbocycles. The standard InChI is InChI=1S/C21H19FN2O3S/c1-15-12-18(9-10-19(15)22)28(26,27)20(17-8-5-11-23-13-17)14-24-21(25)16-6-3-2-4-7-16/h2-13,20H,14H2,1H3,(H,24,25)/t20-/m0/s1. The van der Waals surface area contributed by atoms with Crippen LogP contribution in [-0.4, -0.2) is 25.9 Å². The van der Waals surface area contributed by atoms with Gasteiger partial charge in [-0.25, -0.2) is 12.8 Å². The molecule has 28 heavy (non-hydrogen) atoms. The molecule has 0 spiro atoms. The molecule has 0 fully saturated rings. The molecule has 1 aromatic heterocycles. The molecular formula is C21H19FN2O3S. The topological polar surface area (TPSA) is 76.1 Å². The molecule has 0 unspecified atom stereocenters. The maximum Gasteiger partial charge on any atom is 0.251 e. The van der Waals surface area contributed by atoms with Crippen LogP contribution < -0.4 is 5.32 Å². The van der Waals surface area contributed by atoms with E-state index in [9.17, 15) is 17.6 Å². The van der Waals surface area contributed by atoms with Gasteiger partial charge in [-0.15, -0.1) is 0 Å². The highest BCUT2D eigenvalue weighted by atomic mass is 32.2. The van der Waals surface area contributed by atoms with E-state index in [1.807, 2.05) is 0 Å². The van der Waals surface area contributed by atoms with Crippen molar-refractivity contribution in [2.24, 2.45) is 0 Å². The Balaban J connectivity index is 1.93. The number of nitrogens with zero attached hydrogens (tertiary/aromatic N) is 1. The minimum Gasteiger partial charge on any atom is -0.350 e. The summed E-state index contributed by atoms with van der Waals surface area (Å²) in [4.78, 5) is 16.4. The van der Waals surface area contributed by atoms with Gasteiger partial charge in [0.2, 0.25) is 0 Å². The smallest absolute Gasteiger partial charge is 0.251 e. The number of aryl methyl sites for hydroxylation is 1. The van der Waals surface area contributed by atoms with Crippen molar-refractivity contribution in [3.63, 3.8) is 0 Å². The number of benzene rings is 2. The molecule has 144 valence electrons. The van der Waals surface area contributed by atoms with E-state index in [0.717, 1.165) is 6.07 Å². The lowest BCUT2D eigenvalue weighted by molar-refractivity contribution is 0.0953. The van der Waals surface area contributed by atoms with Crippen LogP contribution >= 0.6 is 0 Å². The number of rotatable bonds is 6. The zero-order valence-corrected chi connectivity index (χ0v) is 16.0. The lowest BCUT2D eigenvalue weighted by Gasteiger charge is -2.19. The molecule has 2 aromatic carbocycles. The lowest BCUT2D eigenvalue weighted by Crippen LogP contribution is -2.32. The Hall–Kier alpha value is -3.06. The van der Waals surface area contributed by atoms with Crippen molar-refractivity contribution in [2.45, 2.75) is 17.1 Å². The highest BCUT2D eigenvalue weighted by Crippen LogP contribution is 2.29. The van der Waals surface area contributed by atoms with Crippen LogP contribution in [0.1, 0.15) is 26.7 Å². The normalized spacial score (nSPS) is 12.4. The van der Waals surface area contributed by atoms with E-state index in [4.69, 9.17) is 0 Å². The number of carbonyl (C=O) groups excluding carboxylic acids is 1. The van der Waals surface area contributed by atoms with Gasteiger partial charge in [-0.2, -0.15) is 0 Å². The monoisotopic (exact) mass is 398 g/mol. The van der Waals surface area contributed by atoms with Crippen LogP contribution in [0, 0.1) is 12.7 Å². The van der Waals surface area contributed by atoms with Crippen LogP contribution in [0.5, 0.6) is 0 Å². The zero-order valence-electron chi connectivity index (χ0n) is 15.2. The van der Waals surface area contributed by atoms with Crippen molar-refractivity contribution in [3.05, 3.63) is 95.6 Å². The largest absolute Gasteiger partial charge is 0.350 e. The second-order valence-electron chi connectivity index (χ2n) is 6.31. The Bertz CT molecular complexity index is 1070. The van der Waals surface area contributed by atoms with Gasteiger partial charge in [0.05, 0.1) is 4.90 Å². The predicted octanol–water partition coefficient (Wildman–Crippen LogP) is 3.47. The molecule has 3 rings (SSSR count). The first-order valence-electron chi connectivity index (χ1n) is 8.63. The number of carbonyl (C=O) groups is 1. The number of pyridine rings is 1. The highest BCUT2D eigenvalue weighted by Gasteiger charge is 2.30. The Labute approximate surface area is 163 Å². The maximum atomic E-state index is 13.6. The summed E-state index contributed by atoms with van der Waals surface area (Å²) in [5.74, 6) is -0.853. The molecule has 3 aromatic rings. The van der Waals surface area contributed by atoms with Crippen LogP contribution in [0.3, 0.4) is 0 Å². The molecule has 0 saturated carbocycles. The summed E-state index contributed by atoms with van der Waals surface area (Å²) in [5.41, 5.74) is 1.11. The van der Waals surface area contributed by atoms with Gasteiger partial charge in [0, 0.05) is 24.5 Å². The summed E-state index contributed by atoms with van der Waals surface area (Å²) in [7, 11) is -3.89. The molecule has 1 heterocycles. The number of sulfone groups is 1. The molecule has 0 radical (unpaired) electrons. The van der Waals surface area contributed by atoms with Crippen LogP contribution in [0.25, 0.3) is 0 Å². The fraction of sp³-hybridized carbons (Fsp3) is 0.143. The van der Waals surface area contributed by atoms with E-state index in [-0.39, 0.29) is 22.9 Å². The van der Waals surface area contributed by atoms with E-state index in [1.54, 1.807) is 42.5 Å². The SMILES string of the molecule is Cc1cc(S(=O)(=O)[C@@H](CNC(=O)c2ccccc2)c2cccnc2)ccc1F. The second-order valence-corrected chi connectivity index (χ2v) is 8.44. The molecule has 0 bridgehead atoms. The van der Waals surface area contributed by atoms with Crippen LogP contribution in [-0.2, 0) is 9.84 Å². The molecule has 5 nitrogen and oxygen atoms in total. The predicted molar refractivity (Wildman–Crippen MR) is 104 cm³/mol. The average molecular weight is 398 g/mol. The third-order valence-corrected chi connectivity index (χ3v) is 6.47. The average Bonchev–Trinajstić information content (AvgIpc) is 2.71. The quantitative estimate of drug-likeness (QED) is 0.645. The van der Waals surface area contributed by atoms with Crippen molar-refractivity contribution in [3.8, 4) is 0 Å². The summed E-state index contributed by atoms with van der Waals surface area (Å²) in [6.07, 6.45) is 2.99. The fourth-order valence-corrected chi connectivity index (χ4v) is 4.54. The van der Waals surface area contributed by atoms with E-state index < -0.39 is 20.9 Å². The van der Waals surface area contributed by atoms with Gasteiger partial charge < -0.3 is 5.32 Å². The summed E-state index contributed by atoms with van der Waals surface area (Å²) < 4.78 is 40.1. The Kier molecular flexibility index (Phi) is 5.84. The van der Waals surface area contributed by atoms with E-state index in [2.05, 4.69) is 10.3 Å². The van der Waals surface area contributed by atoms with Crippen molar-refractivity contribution in [1.82, 2.24) is 10.3 Å². The van der Waals surface area contributed by atoms with Crippen molar-refractivity contribution < 1.29 is 17.6 Å². The summed E-state index contributed by atoms with van der Waals surface area (Å²) in [6, 6.07) is 15.5. The summed E-state index contributed by atoms with van der Waals surface area (Å²) >= 11 is 0. The molecule has 1 atom stereocenters.